The third-order valence-corrected chi connectivity index (χ3v) is 15.2. The van der Waals surface area contributed by atoms with Gasteiger partial charge in [-0.3, -0.25) is 0 Å². The highest BCUT2D eigenvalue weighted by atomic mass is 16.3. The van der Waals surface area contributed by atoms with Crippen LogP contribution < -0.4 is 14.7 Å². The minimum absolute atomic E-state index is 0.167. The maximum Gasteiger partial charge on any atom is 0.137 e. The fourth-order valence-electron chi connectivity index (χ4n) is 11.5. The van der Waals surface area contributed by atoms with Crippen LogP contribution >= 0.6 is 0 Å². The Hall–Kier alpha value is -10.0. The molecular weight excluding hydrogens is 941 g/mol. The Balaban J connectivity index is 0.892. The molecule has 0 aliphatic rings. The van der Waals surface area contributed by atoms with Crippen molar-refractivity contribution in [2.24, 2.45) is 0 Å². The van der Waals surface area contributed by atoms with E-state index in [0.717, 1.165) is 117 Å². The third-order valence-electron chi connectivity index (χ3n) is 15.2. The molecule has 14 rings (SSSR count). The van der Waals surface area contributed by atoms with Crippen LogP contribution in [-0.4, -0.2) is 10.6 Å². The van der Waals surface area contributed by atoms with Gasteiger partial charge in [-0.2, -0.15) is 0 Å². The molecule has 1 atom stereocenters. The van der Waals surface area contributed by atoms with E-state index < -0.39 is 0 Å². The summed E-state index contributed by atoms with van der Waals surface area (Å²) in [6.45, 7) is 6.68. The van der Waals surface area contributed by atoms with Crippen molar-refractivity contribution >= 4 is 111 Å². The van der Waals surface area contributed by atoms with Gasteiger partial charge < -0.3 is 28.1 Å². The van der Waals surface area contributed by atoms with Gasteiger partial charge in [0.1, 0.15) is 22.5 Å². The van der Waals surface area contributed by atoms with E-state index in [0.29, 0.717) is 6.42 Å². The standard InChI is InChI=1S/C71H52N4O2/c1-3-51(46-70-48(2)64-43-58(37-41-69(64)76-70)73(53-24-10-5-11-25-53)54-26-12-6-13-27-54)72(52-22-8-4-9-23-52)59-34-38-61-65-44-57(36-40-66(65)75(67(61)45-59)55-28-14-7-15-29-55)74(56-33-32-49-20-16-17-21-50(49)42-56)60-35-39-63-62-30-18-19-31-68(62)77-71(63)47-60/h3-45,47,51H,1,46H2,2H3. The number of rotatable bonds is 13. The number of para-hydroxylation sites is 5. The van der Waals surface area contributed by atoms with Gasteiger partial charge in [-0.15, -0.1) is 6.58 Å². The third kappa shape index (κ3) is 8.06. The van der Waals surface area contributed by atoms with Gasteiger partial charge in [0.15, 0.2) is 0 Å². The lowest BCUT2D eigenvalue weighted by Crippen LogP contribution is -2.31. The molecule has 0 amide bonds. The second kappa shape index (κ2) is 19.0. The molecule has 6 heteroatoms. The molecule has 0 spiro atoms. The molecule has 0 radical (unpaired) electrons. The van der Waals surface area contributed by atoms with Crippen molar-refractivity contribution in [3.8, 4) is 5.69 Å². The number of hydrogen-bond acceptors (Lipinski definition) is 5. The van der Waals surface area contributed by atoms with E-state index in [9.17, 15) is 0 Å². The molecule has 0 aliphatic carbocycles. The van der Waals surface area contributed by atoms with Gasteiger partial charge in [0.2, 0.25) is 0 Å². The number of benzene rings is 11. The van der Waals surface area contributed by atoms with Crippen molar-refractivity contribution in [1.29, 1.82) is 0 Å². The van der Waals surface area contributed by atoms with Crippen LogP contribution in [0.15, 0.2) is 282 Å². The number of nitrogens with zero attached hydrogens (tertiary/aromatic N) is 4. The van der Waals surface area contributed by atoms with Crippen LogP contribution in [0.25, 0.3) is 71.2 Å². The highest BCUT2D eigenvalue weighted by Crippen LogP contribution is 2.45. The second-order valence-corrected chi connectivity index (χ2v) is 19.8. The van der Waals surface area contributed by atoms with E-state index in [4.69, 9.17) is 8.83 Å². The molecule has 6 nitrogen and oxygen atoms in total. The van der Waals surface area contributed by atoms with E-state index in [1.54, 1.807) is 0 Å². The zero-order valence-electron chi connectivity index (χ0n) is 42.5. The summed E-state index contributed by atoms with van der Waals surface area (Å²) < 4.78 is 15.7. The number of aryl methyl sites for hydroxylation is 1. The molecule has 0 saturated carbocycles. The lowest BCUT2D eigenvalue weighted by atomic mass is 10.0. The van der Waals surface area contributed by atoms with Crippen LogP contribution in [0, 0.1) is 6.92 Å². The first-order valence-corrected chi connectivity index (χ1v) is 26.3. The van der Waals surface area contributed by atoms with Gasteiger partial charge in [0.05, 0.1) is 17.1 Å². The van der Waals surface area contributed by atoms with E-state index >= 15 is 0 Å². The largest absolute Gasteiger partial charge is 0.461 e. The molecule has 0 fully saturated rings. The Morgan fingerprint density at radius 3 is 1.66 bits per heavy atom. The van der Waals surface area contributed by atoms with Crippen molar-refractivity contribution < 1.29 is 8.83 Å². The normalized spacial score (nSPS) is 12.0. The fourth-order valence-corrected chi connectivity index (χ4v) is 11.5. The number of aromatic nitrogens is 1. The highest BCUT2D eigenvalue weighted by Gasteiger charge is 2.26. The second-order valence-electron chi connectivity index (χ2n) is 19.8. The Kier molecular flexibility index (Phi) is 11.3. The molecule has 14 aromatic rings. The predicted octanol–water partition coefficient (Wildman–Crippen LogP) is 19.8. The van der Waals surface area contributed by atoms with Crippen molar-refractivity contribution in [2.45, 2.75) is 19.4 Å². The summed E-state index contributed by atoms with van der Waals surface area (Å²) in [6.07, 6.45) is 2.66. The summed E-state index contributed by atoms with van der Waals surface area (Å²) in [5, 5.41) is 7.96. The maximum atomic E-state index is 6.83. The summed E-state index contributed by atoms with van der Waals surface area (Å²) in [4.78, 5) is 7.06. The van der Waals surface area contributed by atoms with E-state index in [-0.39, 0.29) is 6.04 Å². The lowest BCUT2D eigenvalue weighted by molar-refractivity contribution is 0.529. The molecule has 77 heavy (non-hydrogen) atoms. The van der Waals surface area contributed by atoms with Gasteiger partial charge in [0.25, 0.3) is 0 Å². The van der Waals surface area contributed by atoms with Crippen LogP contribution in [0.1, 0.15) is 11.3 Å². The number of hydrogen-bond donors (Lipinski definition) is 0. The Bertz CT molecular complexity index is 4440. The molecule has 3 aromatic heterocycles. The Morgan fingerprint density at radius 1 is 0.390 bits per heavy atom. The SMILES string of the molecule is C=CC(Cc1oc2ccc(N(c3ccccc3)c3ccccc3)cc2c1C)N(c1ccccc1)c1ccc2c3cc(N(c4ccc5ccccc5c4)c4ccc5c(c4)oc4ccccc45)ccc3n(-c3ccccc3)c2c1. The highest BCUT2D eigenvalue weighted by molar-refractivity contribution is 6.12. The van der Waals surface area contributed by atoms with Crippen molar-refractivity contribution in [3.63, 3.8) is 0 Å². The zero-order chi connectivity index (χ0) is 51.4. The Labute approximate surface area is 446 Å². The summed E-state index contributed by atoms with van der Waals surface area (Å²) in [5.74, 6) is 0.927. The van der Waals surface area contributed by atoms with Crippen LogP contribution in [-0.2, 0) is 6.42 Å². The predicted molar refractivity (Wildman–Crippen MR) is 322 cm³/mol. The smallest absolute Gasteiger partial charge is 0.137 e. The van der Waals surface area contributed by atoms with Gasteiger partial charge in [-0.1, -0.05) is 133 Å². The first-order chi connectivity index (χ1) is 38.0. The van der Waals surface area contributed by atoms with E-state index in [1.807, 2.05) is 12.1 Å². The first kappa shape index (κ1) is 45.6. The Morgan fingerprint density at radius 2 is 0.922 bits per heavy atom. The monoisotopic (exact) mass is 992 g/mol. The van der Waals surface area contributed by atoms with Crippen LogP contribution in [0.3, 0.4) is 0 Å². The van der Waals surface area contributed by atoms with Crippen LogP contribution in [0.5, 0.6) is 0 Å². The minimum atomic E-state index is -0.167. The van der Waals surface area contributed by atoms with Gasteiger partial charge in [-0.25, -0.2) is 0 Å². The number of furan rings is 2. The topological polar surface area (TPSA) is 40.9 Å². The fraction of sp³-hybridized carbons (Fsp3) is 0.0423. The molecule has 368 valence electrons. The summed E-state index contributed by atoms with van der Waals surface area (Å²) in [5.41, 5.74) is 15.5. The van der Waals surface area contributed by atoms with Gasteiger partial charge in [0, 0.05) is 90.6 Å². The van der Waals surface area contributed by atoms with E-state index in [2.05, 4.69) is 288 Å². The molecule has 3 heterocycles. The molecule has 0 aliphatic heterocycles. The van der Waals surface area contributed by atoms with Crippen LogP contribution in [0.2, 0.25) is 0 Å². The maximum absolute atomic E-state index is 6.83. The molecule has 0 saturated heterocycles. The molecule has 11 aromatic carbocycles. The summed E-state index contributed by atoms with van der Waals surface area (Å²) >= 11 is 0. The van der Waals surface area contributed by atoms with Gasteiger partial charge >= 0.3 is 0 Å². The van der Waals surface area contributed by atoms with Crippen molar-refractivity contribution in [1.82, 2.24) is 4.57 Å². The average molecular weight is 993 g/mol. The molecular formula is C71H52N4O2. The van der Waals surface area contributed by atoms with Crippen LogP contribution in [0.4, 0.5) is 45.5 Å². The quantitative estimate of drug-likeness (QED) is 0.108. The first-order valence-electron chi connectivity index (χ1n) is 26.3. The summed E-state index contributed by atoms with van der Waals surface area (Å²) in [7, 11) is 0. The molecule has 0 bridgehead atoms. The molecule has 1 unspecified atom stereocenters. The zero-order valence-corrected chi connectivity index (χ0v) is 42.5. The van der Waals surface area contributed by atoms with Crippen molar-refractivity contribution in [3.05, 3.63) is 285 Å². The lowest BCUT2D eigenvalue weighted by Gasteiger charge is -2.32. The summed E-state index contributed by atoms with van der Waals surface area (Å²) in [6, 6.07) is 92.7. The number of fused-ring (bicyclic) bond motifs is 8. The van der Waals surface area contributed by atoms with E-state index in [1.165, 1.54) is 10.8 Å². The molecule has 0 N–H and O–H groups in total. The van der Waals surface area contributed by atoms with Crippen molar-refractivity contribution in [2.75, 3.05) is 14.7 Å². The minimum Gasteiger partial charge on any atom is -0.461 e. The van der Waals surface area contributed by atoms with Gasteiger partial charge in [-0.05, 0) is 151 Å². The number of anilines is 8. The average Bonchev–Trinajstić information content (AvgIpc) is 4.14.